The Bertz CT molecular complexity index is 983. The fourth-order valence-electron chi connectivity index (χ4n) is 2.93. The number of ether oxygens (including phenoxy) is 1. The number of aliphatic hydroxyl groups excluding tert-OH is 2. The van der Waals surface area contributed by atoms with Crippen LogP contribution < -0.4 is 10.9 Å². The number of rotatable bonds is 4. The second-order valence-electron chi connectivity index (χ2n) is 6.03. The topological polar surface area (TPSA) is 146 Å². The number of fused-ring (bicyclic) bond motifs is 1. The molecule has 0 saturated carbocycles. The fraction of sp³-hybridized carbons (Fsp3) is 0.312. The Hall–Kier alpha value is -2.95. The number of aromatic nitrogens is 4. The zero-order valence-electron chi connectivity index (χ0n) is 13.5. The lowest BCUT2D eigenvalue weighted by Gasteiger charge is -2.14. The Morgan fingerprint density at radius 2 is 2.12 bits per heavy atom. The van der Waals surface area contributed by atoms with E-state index in [9.17, 15) is 20.1 Å². The maximum Gasteiger partial charge on any atom is 0.280 e. The van der Waals surface area contributed by atoms with Crippen molar-refractivity contribution in [3.8, 4) is 5.75 Å². The summed E-state index contributed by atoms with van der Waals surface area (Å²) in [6.45, 7) is -0.300. The largest absolute Gasteiger partial charge is 0.508 e. The van der Waals surface area contributed by atoms with E-state index in [2.05, 4.69) is 20.3 Å². The number of phenols is 1. The van der Waals surface area contributed by atoms with Crippen LogP contribution in [0.5, 0.6) is 5.75 Å². The minimum atomic E-state index is -0.806. The van der Waals surface area contributed by atoms with Crippen LogP contribution in [0.2, 0.25) is 0 Å². The second kappa shape index (κ2) is 6.41. The molecule has 26 heavy (non-hydrogen) atoms. The van der Waals surface area contributed by atoms with Crippen LogP contribution in [0.15, 0.2) is 35.4 Å². The molecule has 1 fully saturated rings. The van der Waals surface area contributed by atoms with Crippen molar-refractivity contribution in [3.05, 3.63) is 40.9 Å². The van der Waals surface area contributed by atoms with Gasteiger partial charge in [-0.25, -0.2) is 4.98 Å². The zero-order valence-corrected chi connectivity index (χ0v) is 13.5. The normalized spacial score (nSPS) is 22.8. The number of nitrogens with one attached hydrogen (secondary N) is 2. The Labute approximate surface area is 146 Å². The molecule has 0 amide bonds. The number of aliphatic hydroxyl groups is 2. The molecule has 136 valence electrons. The molecule has 0 radical (unpaired) electrons. The number of imidazole rings is 1. The summed E-state index contributed by atoms with van der Waals surface area (Å²) >= 11 is 0. The molecule has 10 heteroatoms. The lowest BCUT2D eigenvalue weighted by atomic mass is 10.2. The first-order valence-corrected chi connectivity index (χ1v) is 8.02. The van der Waals surface area contributed by atoms with Crippen molar-refractivity contribution in [2.45, 2.75) is 24.9 Å². The summed E-state index contributed by atoms with van der Waals surface area (Å²) in [5.41, 5.74) is 0.647. The number of anilines is 2. The van der Waals surface area contributed by atoms with Gasteiger partial charge < -0.3 is 25.4 Å². The number of H-pyrrole nitrogens is 1. The molecule has 0 unspecified atom stereocenters. The highest BCUT2D eigenvalue weighted by Crippen LogP contribution is 2.30. The SMILES string of the molecule is O=c1[nH]c(Nc2ccc(O)cc2)nc2c1ncn2[C@H]1C[C@H](O)[C@@H](CO)O1. The molecule has 3 atom stereocenters. The lowest BCUT2D eigenvalue weighted by molar-refractivity contribution is -0.0432. The van der Waals surface area contributed by atoms with Gasteiger partial charge in [0.15, 0.2) is 11.2 Å². The number of aromatic amines is 1. The Morgan fingerprint density at radius 3 is 2.81 bits per heavy atom. The first-order chi connectivity index (χ1) is 12.5. The van der Waals surface area contributed by atoms with Crippen LogP contribution in [0.25, 0.3) is 11.2 Å². The number of hydrogen-bond donors (Lipinski definition) is 5. The Morgan fingerprint density at radius 1 is 1.35 bits per heavy atom. The van der Waals surface area contributed by atoms with Crippen LogP contribution in [0, 0.1) is 0 Å². The molecular formula is C16H17N5O5. The van der Waals surface area contributed by atoms with Crippen LogP contribution in [-0.2, 0) is 4.74 Å². The standard InChI is InChI=1S/C16H17N5O5/c22-6-11-10(24)5-12(26-11)21-7-17-13-14(21)19-16(20-15(13)25)18-8-1-3-9(23)4-2-8/h1-4,7,10-12,22-24H,5-6H2,(H2,18,19,20,25)/t10-,11+,12+/m0/s1. The minimum Gasteiger partial charge on any atom is -0.508 e. The van der Waals surface area contributed by atoms with E-state index in [4.69, 9.17) is 4.74 Å². The van der Waals surface area contributed by atoms with E-state index >= 15 is 0 Å². The molecule has 3 aromatic rings. The molecule has 10 nitrogen and oxygen atoms in total. The molecule has 1 aliphatic rings. The van der Waals surface area contributed by atoms with Gasteiger partial charge in [0.05, 0.1) is 19.0 Å². The first kappa shape index (κ1) is 16.5. The minimum absolute atomic E-state index is 0.126. The Kier molecular flexibility index (Phi) is 4.07. The molecule has 3 heterocycles. The summed E-state index contributed by atoms with van der Waals surface area (Å²) in [5.74, 6) is 0.327. The van der Waals surface area contributed by atoms with Crippen molar-refractivity contribution in [1.82, 2.24) is 19.5 Å². The molecule has 5 N–H and O–H groups in total. The van der Waals surface area contributed by atoms with E-state index in [-0.39, 0.29) is 30.2 Å². The first-order valence-electron chi connectivity index (χ1n) is 8.02. The van der Waals surface area contributed by atoms with Gasteiger partial charge in [0.25, 0.3) is 5.56 Å². The summed E-state index contributed by atoms with van der Waals surface area (Å²) < 4.78 is 7.17. The van der Waals surface area contributed by atoms with Crippen molar-refractivity contribution in [1.29, 1.82) is 0 Å². The van der Waals surface area contributed by atoms with Crippen molar-refractivity contribution in [2.24, 2.45) is 0 Å². The molecule has 1 saturated heterocycles. The van der Waals surface area contributed by atoms with E-state index in [1.165, 1.54) is 18.5 Å². The predicted octanol–water partition coefficient (Wildman–Crippen LogP) is 0.209. The van der Waals surface area contributed by atoms with Gasteiger partial charge >= 0.3 is 0 Å². The maximum absolute atomic E-state index is 12.3. The predicted molar refractivity (Wildman–Crippen MR) is 91.2 cm³/mol. The van der Waals surface area contributed by atoms with Crippen molar-refractivity contribution >= 4 is 22.8 Å². The number of phenolic OH excluding ortho intramolecular Hbond substituents is 1. The summed E-state index contributed by atoms with van der Waals surface area (Å²) in [6, 6.07) is 6.29. The number of aromatic hydroxyl groups is 1. The third-order valence-electron chi connectivity index (χ3n) is 4.26. The molecule has 1 aromatic carbocycles. The summed E-state index contributed by atoms with van der Waals surface area (Å²) in [6.07, 6.45) is -0.392. The van der Waals surface area contributed by atoms with E-state index in [1.54, 1.807) is 16.7 Å². The quantitative estimate of drug-likeness (QED) is 0.416. The number of nitrogens with zero attached hydrogens (tertiary/aromatic N) is 3. The van der Waals surface area contributed by atoms with Crippen molar-refractivity contribution < 1.29 is 20.1 Å². The monoisotopic (exact) mass is 359 g/mol. The van der Waals surface area contributed by atoms with E-state index in [0.29, 0.717) is 11.3 Å². The molecule has 0 bridgehead atoms. The Balaban J connectivity index is 1.69. The molecule has 1 aliphatic heterocycles. The van der Waals surface area contributed by atoms with E-state index in [0.717, 1.165) is 0 Å². The maximum atomic E-state index is 12.3. The molecular weight excluding hydrogens is 342 g/mol. The van der Waals surface area contributed by atoms with Crippen LogP contribution in [0.1, 0.15) is 12.6 Å². The van der Waals surface area contributed by atoms with E-state index in [1.807, 2.05) is 0 Å². The average Bonchev–Trinajstić information content (AvgIpc) is 3.20. The third kappa shape index (κ3) is 2.90. The lowest BCUT2D eigenvalue weighted by Crippen LogP contribution is -2.24. The van der Waals surface area contributed by atoms with Gasteiger partial charge in [-0.15, -0.1) is 0 Å². The van der Waals surface area contributed by atoms with Crippen molar-refractivity contribution in [3.63, 3.8) is 0 Å². The summed E-state index contributed by atoms with van der Waals surface area (Å²) in [5, 5.41) is 31.4. The van der Waals surface area contributed by atoms with Crippen molar-refractivity contribution in [2.75, 3.05) is 11.9 Å². The van der Waals surface area contributed by atoms with Gasteiger partial charge in [0.1, 0.15) is 18.1 Å². The number of benzene rings is 1. The number of hydrogen-bond acceptors (Lipinski definition) is 8. The smallest absolute Gasteiger partial charge is 0.280 e. The van der Waals surface area contributed by atoms with Gasteiger partial charge in [-0.2, -0.15) is 4.98 Å². The van der Waals surface area contributed by atoms with Gasteiger partial charge in [-0.05, 0) is 24.3 Å². The van der Waals surface area contributed by atoms with Crippen LogP contribution >= 0.6 is 0 Å². The molecule has 0 spiro atoms. The molecule has 0 aliphatic carbocycles. The summed E-state index contributed by atoms with van der Waals surface area (Å²) in [7, 11) is 0. The van der Waals surface area contributed by atoms with Gasteiger partial charge in [0, 0.05) is 12.1 Å². The van der Waals surface area contributed by atoms with Gasteiger partial charge in [-0.3, -0.25) is 14.3 Å². The highest BCUT2D eigenvalue weighted by Gasteiger charge is 2.35. The average molecular weight is 359 g/mol. The third-order valence-corrected chi connectivity index (χ3v) is 4.26. The van der Waals surface area contributed by atoms with Crippen LogP contribution in [0.3, 0.4) is 0 Å². The summed E-state index contributed by atoms with van der Waals surface area (Å²) in [4.78, 5) is 23.3. The highest BCUT2D eigenvalue weighted by atomic mass is 16.5. The van der Waals surface area contributed by atoms with Gasteiger partial charge in [0.2, 0.25) is 5.95 Å². The van der Waals surface area contributed by atoms with Crippen LogP contribution in [-0.4, -0.2) is 53.7 Å². The molecule has 2 aromatic heterocycles. The zero-order chi connectivity index (χ0) is 18.3. The van der Waals surface area contributed by atoms with Gasteiger partial charge in [-0.1, -0.05) is 0 Å². The highest BCUT2D eigenvalue weighted by molar-refractivity contribution is 5.72. The van der Waals surface area contributed by atoms with Crippen LogP contribution in [0.4, 0.5) is 11.6 Å². The fourth-order valence-corrected chi connectivity index (χ4v) is 2.93. The molecule has 4 rings (SSSR count). The second-order valence-corrected chi connectivity index (χ2v) is 6.03. The van der Waals surface area contributed by atoms with E-state index < -0.39 is 24.0 Å².